The summed E-state index contributed by atoms with van der Waals surface area (Å²) in [6, 6.07) is 4.39. The van der Waals surface area contributed by atoms with E-state index >= 15 is 0 Å². The van der Waals surface area contributed by atoms with Crippen LogP contribution in [0.25, 0.3) is 6.08 Å². The van der Waals surface area contributed by atoms with Crippen molar-refractivity contribution in [2.45, 2.75) is 6.61 Å². The van der Waals surface area contributed by atoms with Gasteiger partial charge in [-0.3, -0.25) is 4.79 Å². The lowest BCUT2D eigenvalue weighted by Crippen LogP contribution is -2.04. The lowest BCUT2D eigenvalue weighted by Gasteiger charge is -2.12. The highest BCUT2D eigenvalue weighted by Gasteiger charge is 2.12. The molecule has 0 radical (unpaired) electrons. The molecule has 1 N–H and O–H groups in total. The first-order chi connectivity index (χ1) is 12.5. The Bertz CT molecular complexity index is 841. The van der Waals surface area contributed by atoms with E-state index in [0.717, 1.165) is 12.3 Å². The van der Waals surface area contributed by atoms with Crippen LogP contribution in [0, 0.1) is 0 Å². The van der Waals surface area contributed by atoms with Crippen LogP contribution in [0.3, 0.4) is 0 Å². The van der Waals surface area contributed by atoms with Crippen molar-refractivity contribution in [3.05, 3.63) is 52.1 Å². The van der Waals surface area contributed by atoms with Crippen molar-refractivity contribution in [3.8, 4) is 23.0 Å². The highest BCUT2D eigenvalue weighted by Crippen LogP contribution is 2.38. The topological polar surface area (TPSA) is 104 Å². The second-order valence-corrected chi connectivity index (χ2v) is 5.00. The molecule has 0 aliphatic rings. The predicted molar refractivity (Wildman–Crippen MR) is 91.6 cm³/mol. The van der Waals surface area contributed by atoms with E-state index in [4.69, 9.17) is 28.5 Å². The zero-order valence-electron chi connectivity index (χ0n) is 14.5. The third kappa shape index (κ3) is 4.56. The van der Waals surface area contributed by atoms with Gasteiger partial charge in [0.2, 0.25) is 11.2 Å². The van der Waals surface area contributed by atoms with Gasteiger partial charge in [0.15, 0.2) is 17.2 Å². The molecular weight excluding hydrogens is 344 g/mol. The van der Waals surface area contributed by atoms with E-state index in [1.807, 2.05) is 0 Å². The van der Waals surface area contributed by atoms with Gasteiger partial charge >= 0.3 is 5.97 Å². The summed E-state index contributed by atoms with van der Waals surface area (Å²) < 4.78 is 25.6. The van der Waals surface area contributed by atoms with E-state index < -0.39 is 17.1 Å². The van der Waals surface area contributed by atoms with E-state index in [1.54, 1.807) is 12.1 Å². The fraction of sp³-hybridized carbons (Fsp3) is 0.222. The molecule has 0 amide bonds. The maximum atomic E-state index is 11.8. The Morgan fingerprint density at radius 3 is 2.31 bits per heavy atom. The monoisotopic (exact) mass is 362 g/mol. The van der Waals surface area contributed by atoms with Crippen LogP contribution < -0.4 is 19.6 Å². The number of hydrogen-bond acceptors (Lipinski definition) is 8. The minimum Gasteiger partial charge on any atom is -0.502 e. The molecule has 0 fully saturated rings. The Kier molecular flexibility index (Phi) is 6.26. The average Bonchev–Trinajstić information content (AvgIpc) is 2.66. The zero-order chi connectivity index (χ0) is 19.1. The normalized spacial score (nSPS) is 10.6. The summed E-state index contributed by atoms with van der Waals surface area (Å²) in [7, 11) is 4.48. The van der Waals surface area contributed by atoms with E-state index in [-0.39, 0.29) is 12.4 Å². The molecule has 0 aliphatic heterocycles. The van der Waals surface area contributed by atoms with Crippen molar-refractivity contribution in [2.75, 3.05) is 21.3 Å². The van der Waals surface area contributed by atoms with Crippen molar-refractivity contribution in [2.24, 2.45) is 0 Å². The van der Waals surface area contributed by atoms with Crippen LogP contribution in [0.2, 0.25) is 0 Å². The SMILES string of the molecule is COc1cc(C=CC(=O)OCc2cc(=O)c(O)co2)cc(OC)c1OC. The maximum Gasteiger partial charge on any atom is 0.331 e. The standard InChI is InChI=1S/C18H18O8/c1-22-15-6-11(7-16(23-2)18(15)24-3)4-5-17(21)26-9-12-8-13(19)14(20)10-25-12/h4-8,10,20H,9H2,1-3H3. The van der Waals surface area contributed by atoms with E-state index in [9.17, 15) is 9.59 Å². The van der Waals surface area contributed by atoms with Crippen LogP contribution in [-0.4, -0.2) is 32.4 Å². The average molecular weight is 362 g/mol. The molecular formula is C18H18O8. The molecule has 0 saturated heterocycles. The molecule has 0 unspecified atom stereocenters. The number of hydrogen-bond donors (Lipinski definition) is 1. The predicted octanol–water partition coefficient (Wildman–Crippen LogP) is 2.13. The van der Waals surface area contributed by atoms with Crippen LogP contribution >= 0.6 is 0 Å². The van der Waals surface area contributed by atoms with Gasteiger partial charge in [-0.05, 0) is 23.8 Å². The highest BCUT2D eigenvalue weighted by atomic mass is 16.5. The van der Waals surface area contributed by atoms with E-state index in [2.05, 4.69) is 0 Å². The van der Waals surface area contributed by atoms with Crippen LogP contribution in [-0.2, 0) is 16.1 Å². The van der Waals surface area contributed by atoms with Crippen LogP contribution in [0.4, 0.5) is 0 Å². The highest BCUT2D eigenvalue weighted by molar-refractivity contribution is 5.87. The molecule has 138 valence electrons. The minimum atomic E-state index is -0.644. The number of carbonyl (C=O) groups excluding carboxylic acids is 1. The van der Waals surface area contributed by atoms with Gasteiger partial charge in [0.25, 0.3) is 0 Å². The molecule has 0 bridgehead atoms. The summed E-state index contributed by atoms with van der Waals surface area (Å²) in [5.41, 5.74) is 0.0166. The summed E-state index contributed by atoms with van der Waals surface area (Å²) in [6.45, 7) is -0.242. The van der Waals surface area contributed by atoms with Crippen molar-refractivity contribution in [1.29, 1.82) is 0 Å². The Morgan fingerprint density at radius 1 is 1.12 bits per heavy atom. The number of benzene rings is 1. The molecule has 0 spiro atoms. The summed E-state index contributed by atoms with van der Waals surface area (Å²) in [5.74, 6) is 0.299. The molecule has 0 aliphatic carbocycles. The third-order valence-corrected chi connectivity index (χ3v) is 3.32. The lowest BCUT2D eigenvalue weighted by molar-refractivity contribution is -0.139. The Hall–Kier alpha value is -3.42. The Balaban J connectivity index is 2.07. The number of esters is 1. The van der Waals surface area contributed by atoms with Crippen LogP contribution in [0.5, 0.6) is 23.0 Å². The van der Waals surface area contributed by atoms with Gasteiger partial charge in [-0.1, -0.05) is 0 Å². The number of carbonyl (C=O) groups is 1. The maximum absolute atomic E-state index is 11.8. The molecule has 0 saturated carbocycles. The van der Waals surface area contributed by atoms with Crippen LogP contribution in [0.15, 0.2) is 39.7 Å². The second-order valence-electron chi connectivity index (χ2n) is 5.00. The smallest absolute Gasteiger partial charge is 0.331 e. The van der Waals surface area contributed by atoms with Gasteiger partial charge < -0.3 is 28.5 Å². The summed E-state index contributed by atoms with van der Waals surface area (Å²) >= 11 is 0. The summed E-state index contributed by atoms with van der Waals surface area (Å²) in [6.07, 6.45) is 3.61. The van der Waals surface area contributed by atoms with E-state index in [1.165, 1.54) is 33.5 Å². The molecule has 8 heteroatoms. The Morgan fingerprint density at radius 2 is 1.77 bits per heavy atom. The van der Waals surface area contributed by atoms with Gasteiger partial charge in [0, 0.05) is 12.1 Å². The number of rotatable bonds is 7. The minimum absolute atomic E-state index is 0.113. The molecule has 8 nitrogen and oxygen atoms in total. The first-order valence-electron chi connectivity index (χ1n) is 7.44. The first-order valence-corrected chi connectivity index (χ1v) is 7.44. The quantitative estimate of drug-likeness (QED) is 0.590. The second kappa shape index (κ2) is 8.61. The number of aromatic hydroxyl groups is 1. The largest absolute Gasteiger partial charge is 0.502 e. The fourth-order valence-corrected chi connectivity index (χ4v) is 2.07. The fourth-order valence-electron chi connectivity index (χ4n) is 2.07. The third-order valence-electron chi connectivity index (χ3n) is 3.32. The van der Waals surface area contributed by atoms with Gasteiger partial charge in [-0.25, -0.2) is 4.79 Å². The van der Waals surface area contributed by atoms with Crippen LogP contribution in [0.1, 0.15) is 11.3 Å². The zero-order valence-corrected chi connectivity index (χ0v) is 14.5. The van der Waals surface area contributed by atoms with E-state index in [0.29, 0.717) is 22.8 Å². The number of methoxy groups -OCH3 is 3. The first kappa shape index (κ1) is 18.9. The van der Waals surface area contributed by atoms with Gasteiger partial charge in [-0.2, -0.15) is 0 Å². The Labute approximate surface area is 149 Å². The molecule has 26 heavy (non-hydrogen) atoms. The molecule has 2 aromatic rings. The van der Waals surface area contributed by atoms with Crippen molar-refractivity contribution in [1.82, 2.24) is 0 Å². The summed E-state index contributed by atoms with van der Waals surface area (Å²) in [4.78, 5) is 23.1. The van der Waals surface area contributed by atoms with Crippen molar-refractivity contribution >= 4 is 12.0 Å². The van der Waals surface area contributed by atoms with Gasteiger partial charge in [0.05, 0.1) is 21.3 Å². The number of ether oxygens (including phenoxy) is 4. The van der Waals surface area contributed by atoms with Crippen molar-refractivity contribution in [3.63, 3.8) is 0 Å². The molecule has 1 heterocycles. The molecule has 2 rings (SSSR count). The molecule has 0 atom stereocenters. The molecule has 1 aromatic heterocycles. The summed E-state index contributed by atoms with van der Waals surface area (Å²) in [5, 5.41) is 9.10. The lowest BCUT2D eigenvalue weighted by atomic mass is 10.1. The van der Waals surface area contributed by atoms with Gasteiger partial charge in [-0.15, -0.1) is 0 Å². The van der Waals surface area contributed by atoms with Gasteiger partial charge in [0.1, 0.15) is 18.6 Å². The molecule has 1 aromatic carbocycles. The van der Waals surface area contributed by atoms with Crippen molar-refractivity contribution < 1.29 is 33.3 Å².